The maximum absolute atomic E-state index is 11.9. The molecule has 1 unspecified atom stereocenters. The van der Waals surface area contributed by atoms with Crippen molar-refractivity contribution in [1.82, 2.24) is 10.0 Å². The second-order valence-electron chi connectivity index (χ2n) is 6.14. The first kappa shape index (κ1) is 15.9. The predicted molar refractivity (Wildman–Crippen MR) is 76.1 cm³/mol. The normalized spacial score (nSPS) is 23.4. The topological polar surface area (TPSA) is 58.2 Å². The first-order chi connectivity index (χ1) is 8.35. The molecule has 0 heterocycles. The molecule has 1 atom stereocenters. The monoisotopic (exact) mass is 276 g/mol. The van der Waals surface area contributed by atoms with E-state index in [1.165, 1.54) is 0 Å². The molecule has 1 aliphatic carbocycles. The van der Waals surface area contributed by atoms with E-state index < -0.39 is 10.0 Å². The SMILES string of the molecule is CCCNCCCS(=O)(=O)NC1CCC(C)(C)C1. The Kier molecular flexibility index (Phi) is 6.08. The minimum atomic E-state index is -3.09. The summed E-state index contributed by atoms with van der Waals surface area (Å²) in [6.07, 6.45) is 4.81. The molecule has 2 N–H and O–H groups in total. The fraction of sp³-hybridized carbons (Fsp3) is 1.00. The highest BCUT2D eigenvalue weighted by atomic mass is 32.2. The molecule has 0 spiro atoms. The fourth-order valence-electron chi connectivity index (χ4n) is 2.54. The third-order valence-corrected chi connectivity index (χ3v) is 5.03. The molecular weight excluding hydrogens is 248 g/mol. The zero-order valence-corrected chi connectivity index (χ0v) is 12.8. The van der Waals surface area contributed by atoms with Gasteiger partial charge in [0.25, 0.3) is 0 Å². The van der Waals surface area contributed by atoms with E-state index in [1.54, 1.807) is 0 Å². The molecule has 5 heteroatoms. The summed E-state index contributed by atoms with van der Waals surface area (Å²) in [5, 5.41) is 3.22. The van der Waals surface area contributed by atoms with Gasteiger partial charge in [-0.3, -0.25) is 0 Å². The Bertz CT molecular complexity index is 339. The van der Waals surface area contributed by atoms with Crippen LogP contribution in [0.25, 0.3) is 0 Å². The van der Waals surface area contributed by atoms with Crippen LogP contribution in [0, 0.1) is 5.41 Å². The van der Waals surface area contributed by atoms with Crippen molar-refractivity contribution < 1.29 is 8.42 Å². The summed E-state index contributed by atoms with van der Waals surface area (Å²) in [5.41, 5.74) is 0.288. The lowest BCUT2D eigenvalue weighted by Crippen LogP contribution is -2.36. The lowest BCUT2D eigenvalue weighted by atomic mass is 9.92. The van der Waals surface area contributed by atoms with E-state index >= 15 is 0 Å². The van der Waals surface area contributed by atoms with Gasteiger partial charge >= 0.3 is 0 Å². The van der Waals surface area contributed by atoms with Gasteiger partial charge in [0.15, 0.2) is 0 Å². The van der Waals surface area contributed by atoms with Crippen LogP contribution in [-0.2, 0) is 10.0 Å². The van der Waals surface area contributed by atoms with Crippen LogP contribution < -0.4 is 10.0 Å². The van der Waals surface area contributed by atoms with Crippen LogP contribution in [0.5, 0.6) is 0 Å². The minimum absolute atomic E-state index is 0.147. The van der Waals surface area contributed by atoms with E-state index in [4.69, 9.17) is 0 Å². The molecule has 1 saturated carbocycles. The third-order valence-electron chi connectivity index (χ3n) is 3.51. The fourth-order valence-corrected chi connectivity index (χ4v) is 3.89. The van der Waals surface area contributed by atoms with E-state index in [-0.39, 0.29) is 17.2 Å². The van der Waals surface area contributed by atoms with E-state index in [0.717, 1.165) is 38.8 Å². The maximum atomic E-state index is 11.9. The Balaban J connectivity index is 2.24. The number of nitrogens with one attached hydrogen (secondary N) is 2. The second-order valence-corrected chi connectivity index (χ2v) is 8.02. The average molecular weight is 276 g/mol. The lowest BCUT2D eigenvalue weighted by Gasteiger charge is -2.17. The van der Waals surface area contributed by atoms with Gasteiger partial charge in [0, 0.05) is 6.04 Å². The molecule has 0 aromatic rings. The molecule has 18 heavy (non-hydrogen) atoms. The van der Waals surface area contributed by atoms with Crippen molar-refractivity contribution >= 4 is 10.0 Å². The molecule has 1 aliphatic rings. The standard InChI is InChI=1S/C13H28N2O2S/c1-4-8-14-9-5-10-18(16,17)15-12-6-7-13(2,3)11-12/h12,14-15H,4-11H2,1-3H3. The molecule has 0 aliphatic heterocycles. The smallest absolute Gasteiger partial charge is 0.211 e. The molecule has 1 rings (SSSR count). The van der Waals surface area contributed by atoms with Gasteiger partial charge < -0.3 is 5.32 Å². The highest BCUT2D eigenvalue weighted by Crippen LogP contribution is 2.37. The van der Waals surface area contributed by atoms with Crippen LogP contribution in [-0.4, -0.2) is 33.3 Å². The second kappa shape index (κ2) is 6.87. The largest absolute Gasteiger partial charge is 0.317 e. The summed E-state index contributed by atoms with van der Waals surface area (Å²) in [6.45, 7) is 8.26. The van der Waals surface area contributed by atoms with Gasteiger partial charge in [-0.25, -0.2) is 13.1 Å². The van der Waals surface area contributed by atoms with Crippen molar-refractivity contribution in [3.63, 3.8) is 0 Å². The molecule has 0 radical (unpaired) electrons. The van der Waals surface area contributed by atoms with E-state index in [1.807, 2.05) is 0 Å². The Hall–Kier alpha value is -0.130. The summed E-state index contributed by atoms with van der Waals surface area (Å²) >= 11 is 0. The number of rotatable bonds is 8. The summed E-state index contributed by atoms with van der Waals surface area (Å²) in [4.78, 5) is 0. The molecule has 0 aromatic carbocycles. The average Bonchev–Trinajstić information content (AvgIpc) is 2.56. The van der Waals surface area contributed by atoms with Gasteiger partial charge in [-0.2, -0.15) is 0 Å². The molecule has 1 fully saturated rings. The summed E-state index contributed by atoms with van der Waals surface area (Å²) in [5.74, 6) is 0.237. The molecule has 4 nitrogen and oxygen atoms in total. The Morgan fingerprint density at radius 1 is 1.28 bits per heavy atom. The molecule has 0 bridgehead atoms. The van der Waals surface area contributed by atoms with E-state index in [9.17, 15) is 8.42 Å². The van der Waals surface area contributed by atoms with Crippen LogP contribution in [0.15, 0.2) is 0 Å². The summed E-state index contributed by atoms with van der Waals surface area (Å²) in [6, 6.07) is 0.147. The predicted octanol–water partition coefficient (Wildman–Crippen LogP) is 1.87. The molecular formula is C13H28N2O2S. The van der Waals surface area contributed by atoms with Crippen molar-refractivity contribution in [1.29, 1.82) is 0 Å². The van der Waals surface area contributed by atoms with Crippen molar-refractivity contribution in [2.45, 2.75) is 58.9 Å². The first-order valence-corrected chi connectivity index (χ1v) is 8.70. The zero-order valence-electron chi connectivity index (χ0n) is 12.0. The Morgan fingerprint density at radius 3 is 2.56 bits per heavy atom. The molecule has 0 amide bonds. The Morgan fingerprint density at radius 2 is 2.00 bits per heavy atom. The van der Waals surface area contributed by atoms with Crippen molar-refractivity contribution in [3.05, 3.63) is 0 Å². The number of hydrogen-bond acceptors (Lipinski definition) is 3. The van der Waals surface area contributed by atoms with Crippen LogP contribution in [0.3, 0.4) is 0 Å². The van der Waals surface area contributed by atoms with Gasteiger partial charge in [0.1, 0.15) is 0 Å². The maximum Gasteiger partial charge on any atom is 0.211 e. The van der Waals surface area contributed by atoms with Gasteiger partial charge in [0.2, 0.25) is 10.0 Å². The zero-order chi connectivity index (χ0) is 13.6. The first-order valence-electron chi connectivity index (χ1n) is 7.05. The molecule has 0 aromatic heterocycles. The van der Waals surface area contributed by atoms with E-state index in [0.29, 0.717) is 6.42 Å². The molecule has 108 valence electrons. The third kappa shape index (κ3) is 6.16. The van der Waals surface area contributed by atoms with Gasteiger partial charge in [0.05, 0.1) is 5.75 Å². The Labute approximate surface area is 112 Å². The van der Waals surface area contributed by atoms with Gasteiger partial charge in [-0.05, 0) is 50.6 Å². The number of hydrogen-bond donors (Lipinski definition) is 2. The van der Waals surface area contributed by atoms with Crippen LogP contribution in [0.4, 0.5) is 0 Å². The summed E-state index contributed by atoms with van der Waals surface area (Å²) < 4.78 is 26.6. The lowest BCUT2D eigenvalue weighted by molar-refractivity contribution is 0.372. The van der Waals surface area contributed by atoms with E-state index in [2.05, 4.69) is 30.8 Å². The highest BCUT2D eigenvalue weighted by molar-refractivity contribution is 7.89. The van der Waals surface area contributed by atoms with Crippen LogP contribution >= 0.6 is 0 Å². The minimum Gasteiger partial charge on any atom is -0.317 e. The van der Waals surface area contributed by atoms with Crippen molar-refractivity contribution in [3.8, 4) is 0 Å². The van der Waals surface area contributed by atoms with Crippen LogP contribution in [0.2, 0.25) is 0 Å². The molecule has 0 saturated heterocycles. The van der Waals surface area contributed by atoms with Crippen molar-refractivity contribution in [2.75, 3.05) is 18.8 Å². The summed E-state index contributed by atoms with van der Waals surface area (Å²) in [7, 11) is -3.09. The van der Waals surface area contributed by atoms with Gasteiger partial charge in [-0.1, -0.05) is 20.8 Å². The highest BCUT2D eigenvalue weighted by Gasteiger charge is 2.32. The quantitative estimate of drug-likeness (QED) is 0.665. The number of sulfonamides is 1. The van der Waals surface area contributed by atoms with Gasteiger partial charge in [-0.15, -0.1) is 0 Å². The van der Waals surface area contributed by atoms with Crippen LogP contribution in [0.1, 0.15) is 52.9 Å². The van der Waals surface area contributed by atoms with Crippen molar-refractivity contribution in [2.24, 2.45) is 5.41 Å².